The molecule has 0 saturated carbocycles. The van der Waals surface area contributed by atoms with Crippen molar-refractivity contribution in [2.75, 3.05) is 19.6 Å². The van der Waals surface area contributed by atoms with Gasteiger partial charge in [-0.1, -0.05) is 42.4 Å². The molecule has 0 amide bonds. The molecule has 3 rings (SSSR count). The molecular weight excluding hydrogens is 312 g/mol. The van der Waals surface area contributed by atoms with Gasteiger partial charge in [0, 0.05) is 24.1 Å². The molecule has 1 atom stereocenters. The molecule has 23 heavy (non-hydrogen) atoms. The Hall–Kier alpha value is -1.65. The third-order valence-electron chi connectivity index (χ3n) is 4.36. The van der Waals surface area contributed by atoms with Crippen molar-refractivity contribution in [2.45, 2.75) is 26.2 Å². The van der Waals surface area contributed by atoms with Crippen molar-refractivity contribution in [3.05, 3.63) is 42.2 Å². The number of carbonyl (C=O) groups is 1. The van der Waals surface area contributed by atoms with Crippen molar-refractivity contribution in [1.29, 1.82) is 0 Å². The highest BCUT2D eigenvalue weighted by Crippen LogP contribution is 2.22. The highest BCUT2D eigenvalue weighted by molar-refractivity contribution is 5.96. The van der Waals surface area contributed by atoms with Gasteiger partial charge in [0.1, 0.15) is 5.69 Å². The van der Waals surface area contributed by atoms with Crippen LogP contribution in [0.3, 0.4) is 0 Å². The summed E-state index contributed by atoms with van der Waals surface area (Å²) < 4.78 is 5.31. The Morgan fingerprint density at radius 1 is 1.26 bits per heavy atom. The van der Waals surface area contributed by atoms with E-state index in [1.807, 2.05) is 30.3 Å². The maximum Gasteiger partial charge on any atom is 0.205 e. The maximum atomic E-state index is 12.6. The first-order chi connectivity index (χ1) is 10.8. The van der Waals surface area contributed by atoms with Crippen LogP contribution in [0.15, 0.2) is 40.9 Å². The molecule has 0 aliphatic carbocycles. The van der Waals surface area contributed by atoms with Crippen molar-refractivity contribution in [1.82, 2.24) is 10.1 Å². The van der Waals surface area contributed by atoms with Crippen LogP contribution in [-0.2, 0) is 0 Å². The molecule has 0 bridgehead atoms. The summed E-state index contributed by atoms with van der Waals surface area (Å²) in [6.07, 6.45) is 3.31. The van der Waals surface area contributed by atoms with Gasteiger partial charge >= 0.3 is 0 Å². The zero-order valence-electron chi connectivity index (χ0n) is 13.4. The van der Waals surface area contributed by atoms with E-state index in [4.69, 9.17) is 4.52 Å². The summed E-state index contributed by atoms with van der Waals surface area (Å²) in [5, 5.41) is 4.05. The van der Waals surface area contributed by atoms with E-state index in [1.165, 1.54) is 12.8 Å². The topological polar surface area (TPSA) is 46.3 Å². The van der Waals surface area contributed by atoms with Gasteiger partial charge in [0.05, 0.1) is 0 Å². The monoisotopic (exact) mass is 334 g/mol. The van der Waals surface area contributed by atoms with E-state index in [-0.39, 0.29) is 24.1 Å². The molecule has 0 N–H and O–H groups in total. The lowest BCUT2D eigenvalue weighted by atomic mass is 9.98. The number of hydrogen-bond acceptors (Lipinski definition) is 4. The van der Waals surface area contributed by atoms with Crippen molar-refractivity contribution in [3.8, 4) is 11.3 Å². The average Bonchev–Trinajstić information content (AvgIpc) is 3.24. The molecule has 1 aliphatic rings. The van der Waals surface area contributed by atoms with Crippen LogP contribution in [0.5, 0.6) is 0 Å². The molecule has 2 aromatic rings. The number of rotatable bonds is 6. The van der Waals surface area contributed by atoms with Crippen LogP contribution in [0, 0.1) is 5.92 Å². The minimum Gasteiger partial charge on any atom is -0.352 e. The predicted molar refractivity (Wildman–Crippen MR) is 93.0 cm³/mol. The molecular formula is C18H23ClN2O2. The van der Waals surface area contributed by atoms with Gasteiger partial charge in [0.15, 0.2) is 0 Å². The first kappa shape index (κ1) is 17.7. The summed E-state index contributed by atoms with van der Waals surface area (Å²) in [7, 11) is 0. The van der Waals surface area contributed by atoms with Crippen molar-refractivity contribution < 1.29 is 9.32 Å². The fraction of sp³-hybridized carbons (Fsp3) is 0.444. The summed E-state index contributed by atoms with van der Waals surface area (Å²) in [4.78, 5) is 15.0. The van der Waals surface area contributed by atoms with Crippen LogP contribution in [0.4, 0.5) is 0 Å². The standard InChI is InChI=1S/C18H22N2O2.ClH/c1-2-14(13-20-10-6-7-11-20)18(21)17-12-16(19-22-17)15-8-4-3-5-9-15;/h3-5,8-9,12,14H,2,6-7,10-11,13H2,1H3;1H/t14-;/m1./s1. The Kier molecular flexibility index (Phi) is 6.37. The van der Waals surface area contributed by atoms with Gasteiger partial charge in [0.2, 0.25) is 11.5 Å². The van der Waals surface area contributed by atoms with E-state index in [0.29, 0.717) is 5.76 Å². The van der Waals surface area contributed by atoms with E-state index in [9.17, 15) is 4.79 Å². The zero-order valence-corrected chi connectivity index (χ0v) is 14.2. The molecule has 1 saturated heterocycles. The van der Waals surface area contributed by atoms with Gasteiger partial charge in [-0.25, -0.2) is 0 Å². The molecule has 1 aromatic carbocycles. The summed E-state index contributed by atoms with van der Waals surface area (Å²) >= 11 is 0. The van der Waals surface area contributed by atoms with Crippen molar-refractivity contribution in [2.24, 2.45) is 5.92 Å². The van der Waals surface area contributed by atoms with Gasteiger partial charge in [-0.3, -0.25) is 4.79 Å². The summed E-state index contributed by atoms with van der Waals surface area (Å²) in [5.41, 5.74) is 1.69. The number of nitrogens with zero attached hydrogens (tertiary/aromatic N) is 2. The van der Waals surface area contributed by atoms with Crippen LogP contribution >= 0.6 is 12.4 Å². The second-order valence-electron chi connectivity index (χ2n) is 5.92. The number of benzene rings is 1. The molecule has 4 nitrogen and oxygen atoms in total. The number of hydrogen-bond donors (Lipinski definition) is 0. The second kappa shape index (κ2) is 8.27. The number of Topliss-reactive ketones (excluding diaryl/α,β-unsaturated/α-hetero) is 1. The summed E-state index contributed by atoms with van der Waals surface area (Å²) in [6.45, 7) is 5.11. The number of likely N-dealkylation sites (tertiary alicyclic amines) is 1. The largest absolute Gasteiger partial charge is 0.352 e. The average molecular weight is 335 g/mol. The Morgan fingerprint density at radius 2 is 1.96 bits per heavy atom. The Labute approximate surface area is 143 Å². The third kappa shape index (κ3) is 4.21. The van der Waals surface area contributed by atoms with Gasteiger partial charge < -0.3 is 9.42 Å². The molecule has 1 aromatic heterocycles. The van der Waals surface area contributed by atoms with E-state index < -0.39 is 0 Å². The van der Waals surface area contributed by atoms with Gasteiger partial charge in [-0.05, 0) is 32.4 Å². The minimum absolute atomic E-state index is 0. The van der Waals surface area contributed by atoms with Gasteiger partial charge in [-0.2, -0.15) is 0 Å². The highest BCUT2D eigenvalue weighted by Gasteiger charge is 2.26. The maximum absolute atomic E-state index is 12.6. The van der Waals surface area contributed by atoms with Gasteiger partial charge in [-0.15, -0.1) is 12.4 Å². The fourth-order valence-corrected chi connectivity index (χ4v) is 3.01. The van der Waals surface area contributed by atoms with E-state index in [1.54, 1.807) is 6.07 Å². The second-order valence-corrected chi connectivity index (χ2v) is 5.92. The molecule has 1 fully saturated rings. The van der Waals surface area contributed by atoms with Crippen LogP contribution in [0.2, 0.25) is 0 Å². The Balaban J connectivity index is 0.00000192. The molecule has 1 aliphatic heterocycles. The van der Waals surface area contributed by atoms with E-state index >= 15 is 0 Å². The van der Waals surface area contributed by atoms with Crippen LogP contribution in [0.1, 0.15) is 36.7 Å². The zero-order chi connectivity index (χ0) is 15.4. The van der Waals surface area contributed by atoms with Crippen molar-refractivity contribution >= 4 is 18.2 Å². The van der Waals surface area contributed by atoms with Gasteiger partial charge in [0.25, 0.3) is 0 Å². The first-order valence-electron chi connectivity index (χ1n) is 8.06. The molecule has 124 valence electrons. The number of carbonyl (C=O) groups excluding carboxylic acids is 1. The summed E-state index contributed by atoms with van der Waals surface area (Å²) in [6, 6.07) is 11.6. The third-order valence-corrected chi connectivity index (χ3v) is 4.36. The molecule has 0 spiro atoms. The van der Waals surface area contributed by atoms with Crippen LogP contribution in [-0.4, -0.2) is 35.5 Å². The first-order valence-corrected chi connectivity index (χ1v) is 8.06. The lowest BCUT2D eigenvalue weighted by Crippen LogP contribution is -2.30. The number of halogens is 1. The minimum atomic E-state index is -0.00493. The molecule has 0 radical (unpaired) electrons. The Morgan fingerprint density at radius 3 is 2.61 bits per heavy atom. The molecule has 2 heterocycles. The normalized spacial score (nSPS) is 16.0. The summed E-state index contributed by atoms with van der Waals surface area (Å²) in [5.74, 6) is 0.448. The van der Waals surface area contributed by atoms with Crippen molar-refractivity contribution in [3.63, 3.8) is 0 Å². The molecule has 5 heteroatoms. The van der Waals surface area contributed by atoms with E-state index in [2.05, 4.69) is 17.0 Å². The number of ketones is 1. The molecule has 0 unspecified atom stereocenters. The Bertz CT molecular complexity index is 621. The SMILES string of the molecule is CC[C@H](CN1CCCC1)C(=O)c1cc(-c2ccccc2)no1.Cl. The quantitative estimate of drug-likeness (QED) is 0.747. The lowest BCUT2D eigenvalue weighted by molar-refractivity contribution is 0.0847. The lowest BCUT2D eigenvalue weighted by Gasteiger charge is -2.20. The smallest absolute Gasteiger partial charge is 0.205 e. The highest BCUT2D eigenvalue weighted by atomic mass is 35.5. The van der Waals surface area contributed by atoms with E-state index in [0.717, 1.165) is 37.3 Å². The van der Waals surface area contributed by atoms with Crippen LogP contribution < -0.4 is 0 Å². The van der Waals surface area contributed by atoms with Crippen LogP contribution in [0.25, 0.3) is 11.3 Å². The number of aromatic nitrogens is 1. The fourth-order valence-electron chi connectivity index (χ4n) is 3.01. The predicted octanol–water partition coefficient (Wildman–Crippen LogP) is 4.07.